The van der Waals surface area contributed by atoms with E-state index in [0.29, 0.717) is 0 Å². The second-order valence-electron chi connectivity index (χ2n) is 4.46. The van der Waals surface area contributed by atoms with Crippen molar-refractivity contribution in [3.05, 3.63) is 29.3 Å². The first-order chi connectivity index (χ1) is 11.3. The molecule has 0 saturated carbocycles. The maximum atomic E-state index is 11.9. The summed E-state index contributed by atoms with van der Waals surface area (Å²) in [5.74, 6) is -1.80. The second kappa shape index (κ2) is 11.6. The van der Waals surface area contributed by atoms with E-state index in [-0.39, 0.29) is 67.1 Å². The summed E-state index contributed by atoms with van der Waals surface area (Å²) in [6.07, 6.45) is 0. The van der Waals surface area contributed by atoms with E-state index in [9.17, 15) is 22.6 Å². The number of esters is 2. The molecule has 1 aromatic carbocycles. The standard InChI is InChI=1S/C14H18O9S.Na/c1-20-3-5-22-13(15)10-7-11(14(16)23-6-4-21-2)9-12(8-10)24(17,18)19;/h7-9H,3-6H2,1-2H3,(H,17,18,19);/q;+1/p-1. The summed E-state index contributed by atoms with van der Waals surface area (Å²) in [6.45, 7) is 0.128. The fourth-order valence-electron chi connectivity index (χ4n) is 1.58. The van der Waals surface area contributed by atoms with E-state index in [2.05, 4.69) is 0 Å². The smallest absolute Gasteiger partial charge is 0.744 e. The molecular weight excluding hydrogens is 367 g/mol. The Bertz CT molecular complexity index is 647. The van der Waals surface area contributed by atoms with Crippen molar-refractivity contribution in [2.75, 3.05) is 40.6 Å². The van der Waals surface area contributed by atoms with Crippen molar-refractivity contribution in [1.82, 2.24) is 0 Å². The van der Waals surface area contributed by atoms with Gasteiger partial charge in [0.15, 0.2) is 0 Å². The Morgan fingerprint density at radius 2 is 1.28 bits per heavy atom. The Hall–Kier alpha value is -1.01. The van der Waals surface area contributed by atoms with Crippen molar-refractivity contribution in [2.24, 2.45) is 0 Å². The Balaban J connectivity index is 0.00000576. The first-order valence-corrected chi connectivity index (χ1v) is 8.13. The van der Waals surface area contributed by atoms with Gasteiger partial charge in [0.2, 0.25) is 0 Å². The molecule has 1 aromatic rings. The minimum absolute atomic E-state index is 0. The molecule has 0 aliphatic rings. The summed E-state index contributed by atoms with van der Waals surface area (Å²) < 4.78 is 52.7. The Morgan fingerprint density at radius 1 is 0.880 bits per heavy atom. The fraction of sp³-hybridized carbons (Fsp3) is 0.429. The average molecular weight is 384 g/mol. The molecule has 0 heterocycles. The van der Waals surface area contributed by atoms with E-state index < -0.39 is 27.0 Å². The molecule has 9 nitrogen and oxygen atoms in total. The van der Waals surface area contributed by atoms with E-state index in [1.165, 1.54) is 14.2 Å². The van der Waals surface area contributed by atoms with Crippen LogP contribution < -0.4 is 29.6 Å². The van der Waals surface area contributed by atoms with Gasteiger partial charge in [-0.15, -0.1) is 0 Å². The number of hydrogen-bond acceptors (Lipinski definition) is 9. The van der Waals surface area contributed by atoms with Crippen molar-refractivity contribution in [1.29, 1.82) is 0 Å². The van der Waals surface area contributed by atoms with Crippen LogP contribution in [0, 0.1) is 0 Å². The summed E-state index contributed by atoms with van der Waals surface area (Å²) in [7, 11) is -2.06. The molecule has 25 heavy (non-hydrogen) atoms. The van der Waals surface area contributed by atoms with Crippen molar-refractivity contribution in [3.8, 4) is 0 Å². The molecule has 0 aliphatic carbocycles. The topological polar surface area (TPSA) is 128 Å². The number of ether oxygens (including phenoxy) is 4. The fourth-order valence-corrected chi connectivity index (χ4v) is 2.12. The van der Waals surface area contributed by atoms with Gasteiger partial charge in [0.25, 0.3) is 0 Å². The van der Waals surface area contributed by atoms with E-state index >= 15 is 0 Å². The summed E-state index contributed by atoms with van der Waals surface area (Å²) in [4.78, 5) is 23.0. The normalized spacial score (nSPS) is 10.7. The molecule has 0 saturated heterocycles. The maximum absolute atomic E-state index is 11.9. The van der Waals surface area contributed by atoms with Crippen molar-refractivity contribution in [2.45, 2.75) is 4.90 Å². The number of methoxy groups -OCH3 is 2. The molecule has 134 valence electrons. The van der Waals surface area contributed by atoms with Crippen LogP contribution in [0.3, 0.4) is 0 Å². The van der Waals surface area contributed by atoms with Crippen LogP contribution in [-0.2, 0) is 29.1 Å². The summed E-state index contributed by atoms with van der Waals surface area (Å²) in [5.41, 5.74) is -0.525. The van der Waals surface area contributed by atoms with Gasteiger partial charge in [-0.3, -0.25) is 0 Å². The van der Waals surface area contributed by atoms with Gasteiger partial charge < -0.3 is 23.5 Å². The van der Waals surface area contributed by atoms with Crippen LogP contribution in [0.5, 0.6) is 0 Å². The average Bonchev–Trinajstić information content (AvgIpc) is 2.53. The second-order valence-corrected chi connectivity index (χ2v) is 5.84. The third-order valence-electron chi connectivity index (χ3n) is 2.71. The van der Waals surface area contributed by atoms with E-state index in [4.69, 9.17) is 18.9 Å². The summed E-state index contributed by atoms with van der Waals surface area (Å²) in [6, 6.07) is 2.76. The molecule has 0 N–H and O–H groups in total. The monoisotopic (exact) mass is 384 g/mol. The van der Waals surface area contributed by atoms with Gasteiger partial charge in [-0.2, -0.15) is 0 Å². The SMILES string of the molecule is COCCOC(=O)c1cc(C(=O)OCCOC)cc(S(=O)(=O)[O-])c1.[Na+]. The van der Waals surface area contributed by atoms with Crippen molar-refractivity contribution >= 4 is 22.1 Å². The first-order valence-electron chi connectivity index (χ1n) is 6.72. The van der Waals surface area contributed by atoms with E-state index in [0.717, 1.165) is 18.2 Å². The number of benzene rings is 1. The Morgan fingerprint density at radius 3 is 1.60 bits per heavy atom. The maximum Gasteiger partial charge on any atom is 1.00 e. The quantitative estimate of drug-likeness (QED) is 0.192. The van der Waals surface area contributed by atoms with Crippen LogP contribution in [0.1, 0.15) is 20.7 Å². The van der Waals surface area contributed by atoms with E-state index in [1.54, 1.807) is 0 Å². The third kappa shape index (κ3) is 8.27. The summed E-state index contributed by atoms with van der Waals surface area (Å²) in [5, 5.41) is 0. The zero-order chi connectivity index (χ0) is 18.2. The largest absolute Gasteiger partial charge is 1.00 e. The molecule has 0 radical (unpaired) electrons. The molecule has 0 bridgehead atoms. The van der Waals surface area contributed by atoms with Gasteiger partial charge in [0.05, 0.1) is 29.2 Å². The zero-order valence-electron chi connectivity index (χ0n) is 14.1. The molecule has 0 atom stereocenters. The summed E-state index contributed by atoms with van der Waals surface area (Å²) >= 11 is 0. The van der Waals surface area contributed by atoms with Crippen LogP contribution in [0.2, 0.25) is 0 Å². The predicted octanol–water partition coefficient (Wildman–Crippen LogP) is -2.80. The Kier molecular flexibility index (Phi) is 11.1. The first kappa shape index (κ1) is 24.0. The van der Waals surface area contributed by atoms with Gasteiger partial charge >= 0.3 is 41.5 Å². The van der Waals surface area contributed by atoms with Gasteiger partial charge in [-0.25, -0.2) is 18.0 Å². The molecule has 11 heteroatoms. The predicted molar refractivity (Wildman–Crippen MR) is 78.7 cm³/mol. The Labute approximate surface area is 167 Å². The van der Waals surface area contributed by atoms with Gasteiger partial charge in [0.1, 0.15) is 23.3 Å². The van der Waals surface area contributed by atoms with Gasteiger partial charge in [-0.1, -0.05) is 0 Å². The molecule has 1 rings (SSSR count). The molecular formula is C14H17NaO9S. The zero-order valence-corrected chi connectivity index (χ0v) is 17.0. The number of hydrogen-bond donors (Lipinski definition) is 0. The number of carbonyl (C=O) groups excluding carboxylic acids is 2. The molecule has 0 fully saturated rings. The molecule has 0 amide bonds. The van der Waals surface area contributed by atoms with Crippen LogP contribution in [-0.4, -0.2) is 65.6 Å². The minimum Gasteiger partial charge on any atom is -0.744 e. The number of carbonyl (C=O) groups is 2. The van der Waals surface area contributed by atoms with Crippen LogP contribution in [0.25, 0.3) is 0 Å². The molecule has 0 spiro atoms. The number of rotatable bonds is 9. The molecule has 0 unspecified atom stereocenters. The van der Waals surface area contributed by atoms with Crippen molar-refractivity contribution in [3.63, 3.8) is 0 Å². The van der Waals surface area contributed by atoms with E-state index in [1.807, 2.05) is 0 Å². The van der Waals surface area contributed by atoms with Gasteiger partial charge in [-0.05, 0) is 18.2 Å². The van der Waals surface area contributed by atoms with Gasteiger partial charge in [0, 0.05) is 14.2 Å². The van der Waals surface area contributed by atoms with Crippen LogP contribution in [0.4, 0.5) is 0 Å². The molecule has 0 aromatic heterocycles. The van der Waals surface area contributed by atoms with Crippen molar-refractivity contribution < 1.29 is 71.1 Å². The third-order valence-corrected chi connectivity index (χ3v) is 3.52. The van der Waals surface area contributed by atoms with Crippen LogP contribution in [0.15, 0.2) is 23.1 Å². The minimum atomic E-state index is -4.88. The van der Waals surface area contributed by atoms with Crippen LogP contribution >= 0.6 is 0 Å². The molecule has 0 aliphatic heterocycles.